The summed E-state index contributed by atoms with van der Waals surface area (Å²) in [6.07, 6.45) is 0.301. The first-order valence-electron chi connectivity index (χ1n) is 3.51. The second kappa shape index (κ2) is 11.6. The summed E-state index contributed by atoms with van der Waals surface area (Å²) in [4.78, 5) is 25.2. The van der Waals surface area contributed by atoms with Gasteiger partial charge in [-0.05, 0) is 13.3 Å². The standard InChI is InChI=1S/C5H12O7P2.3Li/c1-5(2)3-4-11-14(9,10)12-13(6,7)8;;;/h1,3-4H2,2H3,(H,9,10)(H2,6,7,8);;;. The van der Waals surface area contributed by atoms with Gasteiger partial charge in [0.1, 0.15) is 0 Å². The molecule has 12 heteroatoms. The second-order valence-electron chi connectivity index (χ2n) is 2.58. The van der Waals surface area contributed by atoms with Gasteiger partial charge in [0.25, 0.3) is 0 Å². The number of hydrogen-bond acceptors (Lipinski definition) is 4. The van der Waals surface area contributed by atoms with Gasteiger partial charge in [0, 0.05) is 56.6 Å². The van der Waals surface area contributed by atoms with Gasteiger partial charge < -0.3 is 14.7 Å². The van der Waals surface area contributed by atoms with Gasteiger partial charge in [-0.3, -0.25) is 4.52 Å². The van der Waals surface area contributed by atoms with E-state index in [0.29, 0.717) is 12.0 Å². The zero-order valence-electron chi connectivity index (χ0n) is 10.5. The molecule has 7 nitrogen and oxygen atoms in total. The van der Waals surface area contributed by atoms with Crippen molar-refractivity contribution < 1.29 is 32.6 Å². The van der Waals surface area contributed by atoms with Crippen molar-refractivity contribution in [1.82, 2.24) is 0 Å². The van der Waals surface area contributed by atoms with Crippen molar-refractivity contribution in [2.75, 3.05) is 6.61 Å². The van der Waals surface area contributed by atoms with E-state index in [1.54, 1.807) is 6.92 Å². The van der Waals surface area contributed by atoms with Crippen LogP contribution < -0.4 is 0 Å². The summed E-state index contributed by atoms with van der Waals surface area (Å²) in [6.45, 7) is 4.99. The van der Waals surface area contributed by atoms with E-state index in [9.17, 15) is 9.13 Å². The van der Waals surface area contributed by atoms with E-state index in [0.717, 1.165) is 0 Å². The van der Waals surface area contributed by atoms with Crippen LogP contribution in [0.1, 0.15) is 13.3 Å². The summed E-state index contributed by atoms with van der Waals surface area (Å²) >= 11 is 0. The van der Waals surface area contributed by atoms with Crippen LogP contribution in [0.2, 0.25) is 0 Å². The normalized spacial score (nSPS) is 13.4. The molecule has 0 fully saturated rings. The van der Waals surface area contributed by atoms with E-state index < -0.39 is 15.6 Å². The van der Waals surface area contributed by atoms with Crippen LogP contribution in [0.25, 0.3) is 0 Å². The Morgan fingerprint density at radius 1 is 1.18 bits per heavy atom. The Morgan fingerprint density at radius 2 is 1.59 bits per heavy atom. The van der Waals surface area contributed by atoms with E-state index in [1.165, 1.54) is 0 Å². The summed E-state index contributed by atoms with van der Waals surface area (Å²) in [5.74, 6) is 0. The minimum Gasteiger partial charge on any atom is -0.302 e. The summed E-state index contributed by atoms with van der Waals surface area (Å²) in [5, 5.41) is 0. The van der Waals surface area contributed by atoms with E-state index in [-0.39, 0.29) is 63.2 Å². The molecule has 3 N–H and O–H groups in total. The van der Waals surface area contributed by atoms with E-state index in [1.807, 2.05) is 0 Å². The summed E-state index contributed by atoms with van der Waals surface area (Å²) in [6, 6.07) is 0. The van der Waals surface area contributed by atoms with Crippen LogP contribution in [-0.4, -0.2) is 77.9 Å². The first kappa shape index (κ1) is 27.2. The number of phosphoric acid groups is 2. The molecule has 1 unspecified atom stereocenters. The first-order chi connectivity index (χ1) is 6.12. The van der Waals surface area contributed by atoms with Crippen molar-refractivity contribution >= 4 is 72.2 Å². The quantitative estimate of drug-likeness (QED) is 0.353. The molecule has 0 spiro atoms. The minimum absolute atomic E-state index is 0. The zero-order valence-corrected chi connectivity index (χ0v) is 12.3. The molecule has 0 heterocycles. The Kier molecular flexibility index (Phi) is 18.6. The van der Waals surface area contributed by atoms with E-state index in [2.05, 4.69) is 15.4 Å². The summed E-state index contributed by atoms with van der Waals surface area (Å²) in [5.41, 5.74) is 0.709. The third kappa shape index (κ3) is 20.3. The second-order valence-corrected chi connectivity index (χ2v) is 5.41. The van der Waals surface area contributed by atoms with Gasteiger partial charge in [-0.2, -0.15) is 4.31 Å². The van der Waals surface area contributed by atoms with Crippen LogP contribution in [0, 0.1) is 0 Å². The molecular formula is C5H12Li3O7P2. The third-order valence-corrected chi connectivity index (χ3v) is 3.18. The van der Waals surface area contributed by atoms with Gasteiger partial charge in [-0.1, -0.05) is 5.57 Å². The predicted octanol–water partition coefficient (Wildman–Crippen LogP) is 0.0365. The van der Waals surface area contributed by atoms with Crippen LogP contribution in [0.15, 0.2) is 12.2 Å². The molecule has 0 rings (SSSR count). The van der Waals surface area contributed by atoms with Crippen LogP contribution in [0.5, 0.6) is 0 Å². The topological polar surface area (TPSA) is 113 Å². The van der Waals surface area contributed by atoms with Gasteiger partial charge >= 0.3 is 15.6 Å². The van der Waals surface area contributed by atoms with Gasteiger partial charge in [-0.25, -0.2) is 9.13 Å². The van der Waals surface area contributed by atoms with Crippen molar-refractivity contribution in [3.05, 3.63) is 12.2 Å². The summed E-state index contributed by atoms with van der Waals surface area (Å²) < 4.78 is 28.8. The first-order valence-corrected chi connectivity index (χ1v) is 6.53. The maximum Gasteiger partial charge on any atom is 0.481 e. The smallest absolute Gasteiger partial charge is 0.302 e. The molecule has 0 saturated heterocycles. The Hall–Kier alpha value is 1.79. The molecule has 0 amide bonds. The third-order valence-electron chi connectivity index (χ3n) is 0.993. The molecule has 17 heavy (non-hydrogen) atoms. The van der Waals surface area contributed by atoms with Crippen molar-refractivity contribution in [3.63, 3.8) is 0 Å². The molecule has 0 saturated carbocycles. The van der Waals surface area contributed by atoms with E-state index in [4.69, 9.17) is 14.7 Å². The molecule has 0 aliphatic carbocycles. The molecule has 0 aromatic rings. The fourth-order valence-electron chi connectivity index (χ4n) is 0.493. The van der Waals surface area contributed by atoms with Crippen molar-refractivity contribution in [2.24, 2.45) is 0 Å². The largest absolute Gasteiger partial charge is 0.481 e. The maximum absolute atomic E-state index is 10.8. The number of rotatable bonds is 6. The molecule has 3 radical (unpaired) electrons. The molecule has 1 atom stereocenters. The zero-order chi connectivity index (χ0) is 11.4. The van der Waals surface area contributed by atoms with Gasteiger partial charge in [0.05, 0.1) is 6.61 Å². The molecular weight excluding hydrogens is 255 g/mol. The van der Waals surface area contributed by atoms with Crippen LogP contribution in [-0.2, 0) is 18.0 Å². The summed E-state index contributed by atoms with van der Waals surface area (Å²) in [7, 11) is -9.69. The van der Waals surface area contributed by atoms with Crippen LogP contribution >= 0.6 is 15.6 Å². The van der Waals surface area contributed by atoms with Gasteiger partial charge in [-0.15, -0.1) is 6.58 Å². The Labute approximate surface area is 136 Å². The molecule has 0 aliphatic rings. The van der Waals surface area contributed by atoms with Crippen molar-refractivity contribution in [2.45, 2.75) is 13.3 Å². The van der Waals surface area contributed by atoms with Gasteiger partial charge in [0.15, 0.2) is 0 Å². The monoisotopic (exact) mass is 267 g/mol. The Morgan fingerprint density at radius 3 is 1.88 bits per heavy atom. The minimum atomic E-state index is -5.01. The SMILES string of the molecule is C=C(C)CCOP(=O)(O)OP(=O)(O)O.[Li].[Li].[Li]. The van der Waals surface area contributed by atoms with E-state index >= 15 is 0 Å². The fourth-order valence-corrected chi connectivity index (χ4v) is 2.08. The van der Waals surface area contributed by atoms with Crippen molar-refractivity contribution in [3.8, 4) is 0 Å². The van der Waals surface area contributed by atoms with Crippen molar-refractivity contribution in [1.29, 1.82) is 0 Å². The van der Waals surface area contributed by atoms with Crippen LogP contribution in [0.3, 0.4) is 0 Å². The maximum atomic E-state index is 10.8. The average Bonchev–Trinajstić information content (AvgIpc) is 1.78. The molecule has 0 aromatic heterocycles. The average molecular weight is 267 g/mol. The Bertz CT molecular complexity index is 304. The predicted molar refractivity (Wildman–Crippen MR) is 65.6 cm³/mol. The molecule has 87 valence electrons. The van der Waals surface area contributed by atoms with Crippen LogP contribution in [0.4, 0.5) is 0 Å². The fraction of sp³-hybridized carbons (Fsp3) is 0.600. The number of hydrogen-bond donors (Lipinski definition) is 3. The molecule has 0 aromatic carbocycles. The van der Waals surface area contributed by atoms with Gasteiger partial charge in [0.2, 0.25) is 0 Å². The molecule has 0 aliphatic heterocycles. The molecule has 0 bridgehead atoms. The Balaban J connectivity index is -0.000000282. The number of phosphoric ester groups is 1.